The third-order valence-electron chi connectivity index (χ3n) is 6.97. The number of pyridine rings is 1. The summed E-state index contributed by atoms with van der Waals surface area (Å²) in [6, 6.07) is 20.3. The zero-order valence-corrected chi connectivity index (χ0v) is 19.8. The summed E-state index contributed by atoms with van der Waals surface area (Å²) < 4.78 is 13.2. The SMILES string of the molecule is O=C1CCCN1Cc1cccc(C(=O)N2CCC[C@@H](c3cccc(Cc4ccc(F)cc4)n3)C2)c1. The van der Waals surface area contributed by atoms with Crippen LogP contribution in [0.25, 0.3) is 0 Å². The molecule has 2 aliphatic heterocycles. The van der Waals surface area contributed by atoms with Gasteiger partial charge in [0.2, 0.25) is 5.91 Å². The molecule has 0 unspecified atom stereocenters. The van der Waals surface area contributed by atoms with Gasteiger partial charge in [-0.25, -0.2) is 4.39 Å². The normalized spacial score (nSPS) is 18.2. The third-order valence-corrected chi connectivity index (χ3v) is 6.97. The molecule has 0 bridgehead atoms. The molecule has 35 heavy (non-hydrogen) atoms. The number of likely N-dealkylation sites (tertiary alicyclic amines) is 2. The van der Waals surface area contributed by atoms with Crippen molar-refractivity contribution in [2.75, 3.05) is 19.6 Å². The van der Waals surface area contributed by atoms with E-state index in [2.05, 4.69) is 0 Å². The Morgan fingerprint density at radius 1 is 0.971 bits per heavy atom. The molecule has 2 aliphatic rings. The zero-order valence-electron chi connectivity index (χ0n) is 19.8. The molecule has 1 atom stereocenters. The molecule has 180 valence electrons. The Hall–Kier alpha value is -3.54. The largest absolute Gasteiger partial charge is 0.338 e. The molecule has 3 aromatic rings. The van der Waals surface area contributed by atoms with E-state index in [9.17, 15) is 14.0 Å². The van der Waals surface area contributed by atoms with Gasteiger partial charge in [0.1, 0.15) is 5.82 Å². The molecule has 2 amide bonds. The highest BCUT2D eigenvalue weighted by molar-refractivity contribution is 5.94. The number of hydrogen-bond donors (Lipinski definition) is 0. The predicted octanol–water partition coefficient (Wildman–Crippen LogP) is 4.95. The summed E-state index contributed by atoms with van der Waals surface area (Å²) in [5, 5.41) is 0. The first kappa shape index (κ1) is 23.2. The van der Waals surface area contributed by atoms with Gasteiger partial charge in [-0.05, 0) is 66.8 Å². The van der Waals surface area contributed by atoms with Crippen molar-refractivity contribution in [2.45, 2.75) is 44.6 Å². The van der Waals surface area contributed by atoms with Gasteiger partial charge in [-0.1, -0.05) is 30.3 Å². The van der Waals surface area contributed by atoms with Gasteiger partial charge in [-0.15, -0.1) is 0 Å². The van der Waals surface area contributed by atoms with Gasteiger partial charge in [-0.3, -0.25) is 14.6 Å². The first-order chi connectivity index (χ1) is 17.0. The molecule has 6 heteroatoms. The minimum Gasteiger partial charge on any atom is -0.338 e. The van der Waals surface area contributed by atoms with Crippen molar-refractivity contribution in [1.29, 1.82) is 0 Å². The van der Waals surface area contributed by atoms with Gasteiger partial charge in [0.15, 0.2) is 0 Å². The summed E-state index contributed by atoms with van der Waals surface area (Å²) in [6.45, 7) is 2.73. The van der Waals surface area contributed by atoms with E-state index < -0.39 is 0 Å². The molecule has 2 aromatic carbocycles. The monoisotopic (exact) mass is 471 g/mol. The standard InChI is InChI=1S/C29H30FN3O2/c30-25-13-11-21(12-14-25)18-26-8-2-9-27(31-26)24-7-3-16-33(20-24)29(35)23-6-1-5-22(17-23)19-32-15-4-10-28(32)34/h1-2,5-6,8-9,11-14,17,24H,3-4,7,10,15-16,18-20H2/t24-/m1/s1. The van der Waals surface area contributed by atoms with Crippen LogP contribution in [-0.4, -0.2) is 46.2 Å². The fraction of sp³-hybridized carbons (Fsp3) is 0.345. The fourth-order valence-corrected chi connectivity index (χ4v) is 5.12. The van der Waals surface area contributed by atoms with Crippen LogP contribution in [0, 0.1) is 5.82 Å². The van der Waals surface area contributed by atoms with Gasteiger partial charge < -0.3 is 9.80 Å². The maximum Gasteiger partial charge on any atom is 0.253 e. The topological polar surface area (TPSA) is 53.5 Å². The number of rotatable bonds is 6. The molecular weight excluding hydrogens is 441 g/mol. The van der Waals surface area contributed by atoms with Crippen LogP contribution in [0.5, 0.6) is 0 Å². The molecule has 5 nitrogen and oxygen atoms in total. The number of hydrogen-bond acceptors (Lipinski definition) is 3. The van der Waals surface area contributed by atoms with Crippen molar-refractivity contribution < 1.29 is 14.0 Å². The van der Waals surface area contributed by atoms with E-state index in [1.165, 1.54) is 12.1 Å². The molecule has 0 aliphatic carbocycles. The van der Waals surface area contributed by atoms with Crippen molar-refractivity contribution in [1.82, 2.24) is 14.8 Å². The summed E-state index contributed by atoms with van der Waals surface area (Å²) in [5.74, 6) is 0.172. The second kappa shape index (κ2) is 10.4. The third kappa shape index (κ3) is 5.59. The van der Waals surface area contributed by atoms with Crippen LogP contribution >= 0.6 is 0 Å². The summed E-state index contributed by atoms with van der Waals surface area (Å²) in [7, 11) is 0. The van der Waals surface area contributed by atoms with Gasteiger partial charge in [0.05, 0.1) is 0 Å². The van der Waals surface area contributed by atoms with Crippen molar-refractivity contribution >= 4 is 11.8 Å². The van der Waals surface area contributed by atoms with Gasteiger partial charge in [0, 0.05) is 61.9 Å². The van der Waals surface area contributed by atoms with Crippen molar-refractivity contribution in [3.63, 3.8) is 0 Å². The van der Waals surface area contributed by atoms with Crippen molar-refractivity contribution in [3.05, 3.63) is 101 Å². The average Bonchev–Trinajstić information content (AvgIpc) is 3.29. The van der Waals surface area contributed by atoms with Gasteiger partial charge in [-0.2, -0.15) is 0 Å². The van der Waals surface area contributed by atoms with Crippen LogP contribution in [0.3, 0.4) is 0 Å². The van der Waals surface area contributed by atoms with E-state index in [0.29, 0.717) is 31.5 Å². The predicted molar refractivity (Wildman–Crippen MR) is 132 cm³/mol. The number of benzene rings is 2. The summed E-state index contributed by atoms with van der Waals surface area (Å²) >= 11 is 0. The lowest BCUT2D eigenvalue weighted by atomic mass is 9.93. The Morgan fingerprint density at radius 2 is 1.80 bits per heavy atom. The Kier molecular flexibility index (Phi) is 6.89. The average molecular weight is 472 g/mol. The van der Waals surface area contributed by atoms with Crippen molar-refractivity contribution in [3.8, 4) is 0 Å². The van der Waals surface area contributed by atoms with Crippen molar-refractivity contribution in [2.24, 2.45) is 0 Å². The van der Waals surface area contributed by atoms with Gasteiger partial charge in [0.25, 0.3) is 5.91 Å². The van der Waals surface area contributed by atoms with Crippen LogP contribution < -0.4 is 0 Å². The summed E-state index contributed by atoms with van der Waals surface area (Å²) in [5.41, 5.74) is 4.64. The number of carbonyl (C=O) groups is 2. The number of halogens is 1. The molecule has 1 aromatic heterocycles. The highest BCUT2D eigenvalue weighted by atomic mass is 19.1. The summed E-state index contributed by atoms with van der Waals surface area (Å²) in [4.78, 5) is 34.0. The van der Waals surface area contributed by atoms with Gasteiger partial charge >= 0.3 is 0 Å². The smallest absolute Gasteiger partial charge is 0.253 e. The van der Waals surface area contributed by atoms with E-state index in [1.807, 2.05) is 52.3 Å². The molecule has 0 saturated carbocycles. The van der Waals surface area contributed by atoms with E-state index in [4.69, 9.17) is 4.98 Å². The van der Waals surface area contributed by atoms with Crippen LogP contribution in [0.4, 0.5) is 4.39 Å². The fourth-order valence-electron chi connectivity index (χ4n) is 5.12. The highest BCUT2D eigenvalue weighted by Crippen LogP contribution is 2.27. The van der Waals surface area contributed by atoms with E-state index >= 15 is 0 Å². The second-order valence-corrected chi connectivity index (χ2v) is 9.57. The molecule has 0 spiro atoms. The zero-order chi connectivity index (χ0) is 24.2. The van der Waals surface area contributed by atoms with E-state index in [1.54, 1.807) is 12.1 Å². The molecule has 0 radical (unpaired) electrons. The Bertz CT molecular complexity index is 1210. The second-order valence-electron chi connectivity index (χ2n) is 9.57. The van der Waals surface area contributed by atoms with E-state index in [-0.39, 0.29) is 23.5 Å². The van der Waals surface area contributed by atoms with Crippen LogP contribution in [0.15, 0.2) is 66.7 Å². The number of piperidine rings is 1. The lowest BCUT2D eigenvalue weighted by Crippen LogP contribution is -2.39. The first-order valence-corrected chi connectivity index (χ1v) is 12.4. The molecule has 2 saturated heterocycles. The first-order valence-electron chi connectivity index (χ1n) is 12.4. The molecule has 5 rings (SSSR count). The van der Waals surface area contributed by atoms with Crippen LogP contribution in [0.1, 0.15) is 64.5 Å². The maximum atomic E-state index is 13.4. The van der Waals surface area contributed by atoms with E-state index in [0.717, 1.165) is 54.9 Å². The molecule has 0 N–H and O–H groups in total. The number of carbonyl (C=O) groups excluding carboxylic acids is 2. The number of nitrogens with zero attached hydrogens (tertiary/aromatic N) is 3. The number of amides is 2. The highest BCUT2D eigenvalue weighted by Gasteiger charge is 2.27. The van der Waals surface area contributed by atoms with Crippen LogP contribution in [0.2, 0.25) is 0 Å². The molecule has 3 heterocycles. The Balaban J connectivity index is 1.26. The Labute approximate surface area is 205 Å². The number of aromatic nitrogens is 1. The molecular formula is C29H30FN3O2. The minimum atomic E-state index is -0.238. The summed E-state index contributed by atoms with van der Waals surface area (Å²) in [6.07, 6.45) is 4.10. The molecule has 2 fully saturated rings. The Morgan fingerprint density at radius 3 is 2.60 bits per heavy atom. The lowest BCUT2D eigenvalue weighted by Gasteiger charge is -2.33. The quantitative estimate of drug-likeness (QED) is 0.511. The van der Waals surface area contributed by atoms with Crippen LogP contribution in [-0.2, 0) is 17.8 Å². The minimum absolute atomic E-state index is 0.0340. The lowest BCUT2D eigenvalue weighted by molar-refractivity contribution is -0.128. The maximum absolute atomic E-state index is 13.4.